The minimum absolute atomic E-state index is 0.181. The van der Waals surface area contributed by atoms with Gasteiger partial charge in [0, 0.05) is 33.6 Å². The van der Waals surface area contributed by atoms with Crippen molar-refractivity contribution in [2.45, 2.75) is 27.2 Å². The summed E-state index contributed by atoms with van der Waals surface area (Å²) in [5, 5.41) is 11.1. The molecule has 46 heavy (non-hydrogen) atoms. The normalized spacial score (nSPS) is 10.5. The second-order valence-corrected chi connectivity index (χ2v) is 10.3. The van der Waals surface area contributed by atoms with E-state index in [-0.39, 0.29) is 29.4 Å². The van der Waals surface area contributed by atoms with Crippen LogP contribution in [0.1, 0.15) is 35.6 Å². The van der Waals surface area contributed by atoms with Crippen molar-refractivity contribution in [3.8, 4) is 22.4 Å². The number of aryl methyl sites for hydroxylation is 1. The minimum Gasteiger partial charge on any atom is -0.466 e. The van der Waals surface area contributed by atoms with Crippen LogP contribution in [0.5, 0.6) is 0 Å². The van der Waals surface area contributed by atoms with Crippen molar-refractivity contribution in [2.24, 2.45) is 10.9 Å². The van der Waals surface area contributed by atoms with E-state index in [9.17, 15) is 14.4 Å². The number of nitrogens with one attached hydrogen (secondary N) is 1. The number of pyridine rings is 2. The summed E-state index contributed by atoms with van der Waals surface area (Å²) in [4.78, 5) is 42.9. The fraction of sp³-hybridized carbons (Fsp3) is 0.147. The molecule has 5 rings (SSSR count). The third-order valence-corrected chi connectivity index (χ3v) is 6.71. The monoisotopic (exact) mass is 658 g/mol. The van der Waals surface area contributed by atoms with Crippen LogP contribution >= 0.6 is 23.2 Å². The SMILES string of the molecule is C/C(=N/N)C(=O)c1ccc(Cl)cc1.CCOC(=O)Cc1ccccn1.Cc1n[nH]c(=O)c(-c2ccccn2)c1-c1ccc(Cl)cc1. The number of benzene rings is 2. The summed E-state index contributed by atoms with van der Waals surface area (Å²) in [5.74, 6) is 4.57. The lowest BCUT2D eigenvalue weighted by Gasteiger charge is -2.10. The predicted octanol–water partition coefficient (Wildman–Crippen LogP) is 6.51. The molecule has 2 aromatic carbocycles. The summed E-state index contributed by atoms with van der Waals surface area (Å²) in [6.07, 6.45) is 3.58. The number of nitrogens with two attached hydrogens (primary N) is 1. The lowest BCUT2D eigenvalue weighted by atomic mass is 9.97. The summed E-state index contributed by atoms with van der Waals surface area (Å²) in [7, 11) is 0. The maximum atomic E-state index is 12.2. The first kappa shape index (κ1) is 35.3. The van der Waals surface area contributed by atoms with Crippen molar-refractivity contribution in [3.05, 3.63) is 135 Å². The first-order valence-electron chi connectivity index (χ1n) is 14.0. The molecule has 0 aliphatic heterocycles. The van der Waals surface area contributed by atoms with Gasteiger partial charge in [0.05, 0.1) is 35.7 Å². The Bertz CT molecular complexity index is 1810. The van der Waals surface area contributed by atoms with Gasteiger partial charge in [-0.25, -0.2) is 5.10 Å². The van der Waals surface area contributed by atoms with Crippen molar-refractivity contribution in [1.29, 1.82) is 0 Å². The van der Waals surface area contributed by atoms with Crippen molar-refractivity contribution in [3.63, 3.8) is 0 Å². The number of esters is 1. The number of hydrogen-bond acceptors (Lipinski definition) is 9. The summed E-state index contributed by atoms with van der Waals surface area (Å²) in [6, 6.07) is 24.8. The lowest BCUT2D eigenvalue weighted by Crippen LogP contribution is -2.14. The molecule has 10 nitrogen and oxygen atoms in total. The van der Waals surface area contributed by atoms with E-state index in [1.54, 1.807) is 68.7 Å². The third kappa shape index (κ3) is 10.5. The quantitative estimate of drug-likeness (QED) is 0.0660. The molecule has 0 aliphatic rings. The molecule has 3 N–H and O–H groups in total. The number of aromatic nitrogens is 4. The van der Waals surface area contributed by atoms with Crippen molar-refractivity contribution in [2.75, 3.05) is 6.61 Å². The molecule has 236 valence electrons. The average Bonchev–Trinajstić information content (AvgIpc) is 3.07. The van der Waals surface area contributed by atoms with E-state index in [0.29, 0.717) is 33.5 Å². The minimum atomic E-state index is -0.260. The van der Waals surface area contributed by atoms with E-state index < -0.39 is 0 Å². The zero-order chi connectivity index (χ0) is 33.5. The Morgan fingerprint density at radius 3 is 2.02 bits per heavy atom. The largest absolute Gasteiger partial charge is 0.466 e. The van der Waals surface area contributed by atoms with E-state index in [2.05, 4.69) is 25.3 Å². The standard InChI is InChI=1S/C16H12ClN3O.C9H9ClN2O.C9H11NO2/c1-10-14(11-5-7-12(17)8-6-11)15(16(21)20-19-10)13-4-2-3-9-18-13;1-6(12-11)9(13)7-2-4-8(10)5-3-7;1-2-12-9(11)7-8-5-3-4-6-10-8/h2-9H,1H3,(H,20,21);2-5H,11H2,1H3;3-6H,2,7H2,1H3/b;12-6-;. The molecular weight excluding hydrogens is 627 g/mol. The average molecular weight is 660 g/mol. The van der Waals surface area contributed by atoms with Crippen LogP contribution in [0.4, 0.5) is 0 Å². The number of nitrogens with zero attached hydrogens (tertiary/aromatic N) is 4. The predicted molar refractivity (Wildman–Crippen MR) is 181 cm³/mol. The van der Waals surface area contributed by atoms with Crippen molar-refractivity contribution in [1.82, 2.24) is 20.2 Å². The van der Waals surface area contributed by atoms with E-state index in [1.165, 1.54) is 0 Å². The number of hydrogen-bond donors (Lipinski definition) is 2. The Labute approximate surface area is 276 Å². The molecular formula is C34H32Cl2N6O4. The number of ketones is 1. The molecule has 3 aromatic heterocycles. The molecule has 5 aromatic rings. The van der Waals surface area contributed by atoms with E-state index in [4.69, 9.17) is 33.8 Å². The molecule has 0 fully saturated rings. The van der Waals surface area contributed by atoms with Crippen molar-refractivity contribution >= 4 is 40.7 Å². The van der Waals surface area contributed by atoms with Crippen LogP contribution < -0.4 is 11.4 Å². The fourth-order valence-corrected chi connectivity index (χ4v) is 4.25. The van der Waals surface area contributed by atoms with Crippen LogP contribution in [0.15, 0.2) is 107 Å². The maximum Gasteiger partial charge on any atom is 0.311 e. The Balaban J connectivity index is 0.000000200. The maximum absolute atomic E-state index is 12.2. The number of carbonyl (C=O) groups is 2. The van der Waals surface area contributed by atoms with Gasteiger partial charge in [0.1, 0.15) is 5.71 Å². The first-order valence-corrected chi connectivity index (χ1v) is 14.8. The Kier molecular flexibility index (Phi) is 13.8. The second kappa shape index (κ2) is 17.9. The van der Waals surface area contributed by atoms with E-state index in [1.807, 2.05) is 49.4 Å². The van der Waals surface area contributed by atoms with Crippen LogP contribution in [0.25, 0.3) is 22.4 Å². The summed E-state index contributed by atoms with van der Waals surface area (Å²) >= 11 is 11.6. The van der Waals surface area contributed by atoms with Crippen LogP contribution in [0.3, 0.4) is 0 Å². The number of halogens is 2. The number of carbonyl (C=O) groups excluding carboxylic acids is 2. The van der Waals surface area contributed by atoms with Crippen LogP contribution in [-0.2, 0) is 16.0 Å². The van der Waals surface area contributed by atoms with Gasteiger partial charge in [0.25, 0.3) is 5.56 Å². The van der Waals surface area contributed by atoms with Gasteiger partial charge in [0.15, 0.2) is 0 Å². The number of hydrazone groups is 1. The number of aromatic amines is 1. The highest BCUT2D eigenvalue weighted by atomic mass is 35.5. The Hall–Kier alpha value is -5.19. The zero-order valence-corrected chi connectivity index (χ0v) is 26.9. The molecule has 0 atom stereocenters. The number of ether oxygens (including phenoxy) is 1. The fourth-order valence-electron chi connectivity index (χ4n) is 4.00. The number of rotatable bonds is 7. The van der Waals surface area contributed by atoms with Crippen LogP contribution in [-0.4, -0.2) is 44.2 Å². The highest BCUT2D eigenvalue weighted by molar-refractivity contribution is 6.45. The molecule has 12 heteroatoms. The van der Waals surface area contributed by atoms with Gasteiger partial charge < -0.3 is 10.6 Å². The molecule has 0 saturated carbocycles. The highest BCUT2D eigenvalue weighted by Gasteiger charge is 2.16. The first-order chi connectivity index (χ1) is 22.1. The molecule has 0 aliphatic carbocycles. The smallest absolute Gasteiger partial charge is 0.311 e. The van der Waals surface area contributed by atoms with Gasteiger partial charge in [-0.1, -0.05) is 47.5 Å². The second-order valence-electron chi connectivity index (χ2n) is 9.46. The molecule has 0 amide bonds. The van der Waals surface area contributed by atoms with Gasteiger partial charge in [-0.15, -0.1) is 0 Å². The summed E-state index contributed by atoms with van der Waals surface area (Å²) in [5.41, 5.74) is 4.83. The Morgan fingerprint density at radius 1 is 0.870 bits per heavy atom. The molecule has 0 saturated heterocycles. The van der Waals surface area contributed by atoms with E-state index in [0.717, 1.165) is 22.5 Å². The van der Waals surface area contributed by atoms with Crippen LogP contribution in [0, 0.1) is 6.92 Å². The van der Waals surface area contributed by atoms with E-state index >= 15 is 0 Å². The van der Waals surface area contributed by atoms with Gasteiger partial charge in [-0.05, 0) is 87.0 Å². The third-order valence-electron chi connectivity index (χ3n) is 6.20. The van der Waals surface area contributed by atoms with Gasteiger partial charge in [0.2, 0.25) is 5.78 Å². The van der Waals surface area contributed by atoms with Gasteiger partial charge in [-0.2, -0.15) is 10.2 Å². The van der Waals surface area contributed by atoms with Gasteiger partial charge in [-0.3, -0.25) is 24.4 Å². The summed E-state index contributed by atoms with van der Waals surface area (Å²) in [6.45, 7) is 5.63. The zero-order valence-electron chi connectivity index (χ0n) is 25.4. The molecule has 0 bridgehead atoms. The summed E-state index contributed by atoms with van der Waals surface area (Å²) < 4.78 is 4.77. The highest BCUT2D eigenvalue weighted by Crippen LogP contribution is 2.30. The Morgan fingerprint density at radius 2 is 1.48 bits per heavy atom. The van der Waals surface area contributed by atoms with Gasteiger partial charge >= 0.3 is 5.97 Å². The molecule has 0 spiro atoms. The van der Waals surface area contributed by atoms with Crippen LogP contribution in [0.2, 0.25) is 10.0 Å². The molecule has 3 heterocycles. The lowest BCUT2D eigenvalue weighted by molar-refractivity contribution is -0.142. The van der Waals surface area contributed by atoms with Crippen molar-refractivity contribution < 1.29 is 14.3 Å². The number of Topliss-reactive ketones (excluding diaryl/α,β-unsaturated/α-hetero) is 1. The topological polar surface area (TPSA) is 153 Å². The molecule has 0 unspecified atom stereocenters. The number of H-pyrrole nitrogens is 1. The molecule has 0 radical (unpaired) electrons.